The lowest BCUT2D eigenvalue weighted by molar-refractivity contribution is -0.129. The van der Waals surface area contributed by atoms with Crippen molar-refractivity contribution in [2.24, 2.45) is 0 Å². The summed E-state index contributed by atoms with van der Waals surface area (Å²) in [6, 6.07) is 3.93. The van der Waals surface area contributed by atoms with Crippen LogP contribution in [0.25, 0.3) is 0 Å². The van der Waals surface area contributed by atoms with Crippen LogP contribution in [-0.2, 0) is 11.2 Å². The van der Waals surface area contributed by atoms with Crippen molar-refractivity contribution in [2.75, 3.05) is 31.1 Å². The SMILES string of the molecule is O=C(Cc1ccsc1)N1CC[C@@H](Oc2cc(N3CCCC3)ncn2)C1. The molecule has 2 saturated heterocycles. The van der Waals surface area contributed by atoms with Gasteiger partial charge in [0.1, 0.15) is 18.2 Å². The second-order valence-corrected chi connectivity index (χ2v) is 7.37. The summed E-state index contributed by atoms with van der Waals surface area (Å²) in [4.78, 5) is 25.1. The second-order valence-electron chi connectivity index (χ2n) is 6.59. The number of anilines is 1. The van der Waals surface area contributed by atoms with Crippen molar-refractivity contribution in [3.8, 4) is 5.88 Å². The zero-order chi connectivity index (χ0) is 17.1. The average Bonchev–Trinajstić information content (AvgIpc) is 3.38. The standard InChI is InChI=1S/C18H22N4O2S/c23-18(9-14-4-8-25-12-14)22-7-3-15(11-22)24-17-10-16(19-13-20-17)21-5-1-2-6-21/h4,8,10,12-13,15H,1-3,5-7,9,11H2/t15-/m1/s1. The van der Waals surface area contributed by atoms with Crippen LogP contribution < -0.4 is 9.64 Å². The van der Waals surface area contributed by atoms with Crippen LogP contribution in [0.3, 0.4) is 0 Å². The molecule has 0 saturated carbocycles. The third kappa shape index (κ3) is 3.92. The van der Waals surface area contributed by atoms with Gasteiger partial charge in [-0.2, -0.15) is 11.3 Å². The Kier molecular flexibility index (Phi) is 4.83. The van der Waals surface area contributed by atoms with Crippen LogP contribution in [0.4, 0.5) is 5.82 Å². The minimum absolute atomic E-state index is 0.00718. The molecule has 2 aromatic rings. The number of ether oxygens (including phenoxy) is 1. The first-order chi connectivity index (χ1) is 12.3. The van der Waals surface area contributed by atoms with Crippen molar-refractivity contribution in [3.05, 3.63) is 34.8 Å². The molecule has 0 N–H and O–H groups in total. The van der Waals surface area contributed by atoms with Crippen molar-refractivity contribution in [3.63, 3.8) is 0 Å². The molecule has 2 aromatic heterocycles. The summed E-state index contributed by atoms with van der Waals surface area (Å²) >= 11 is 1.62. The quantitative estimate of drug-likeness (QED) is 0.821. The molecule has 2 aliphatic rings. The lowest BCUT2D eigenvalue weighted by Gasteiger charge is -2.18. The first kappa shape index (κ1) is 16.3. The van der Waals surface area contributed by atoms with Gasteiger partial charge in [-0.15, -0.1) is 0 Å². The average molecular weight is 358 g/mol. The van der Waals surface area contributed by atoms with Crippen LogP contribution in [0.15, 0.2) is 29.2 Å². The lowest BCUT2D eigenvalue weighted by atomic mass is 10.2. The van der Waals surface area contributed by atoms with Crippen molar-refractivity contribution in [2.45, 2.75) is 31.8 Å². The van der Waals surface area contributed by atoms with E-state index in [2.05, 4.69) is 14.9 Å². The predicted molar refractivity (Wildman–Crippen MR) is 97.1 cm³/mol. The first-order valence-corrected chi connectivity index (χ1v) is 9.75. The molecular weight excluding hydrogens is 336 g/mol. The number of carbonyl (C=O) groups is 1. The Morgan fingerprint density at radius 3 is 2.96 bits per heavy atom. The van der Waals surface area contributed by atoms with E-state index in [1.54, 1.807) is 17.7 Å². The van der Waals surface area contributed by atoms with Gasteiger partial charge in [0.05, 0.1) is 13.0 Å². The Morgan fingerprint density at radius 1 is 1.28 bits per heavy atom. The monoisotopic (exact) mass is 358 g/mol. The summed E-state index contributed by atoms with van der Waals surface area (Å²) in [5.74, 6) is 1.71. The van der Waals surface area contributed by atoms with Crippen LogP contribution in [0, 0.1) is 0 Å². The van der Waals surface area contributed by atoms with Gasteiger partial charge < -0.3 is 14.5 Å². The fraction of sp³-hybridized carbons (Fsp3) is 0.500. The van der Waals surface area contributed by atoms with Crippen molar-refractivity contribution in [1.82, 2.24) is 14.9 Å². The smallest absolute Gasteiger partial charge is 0.227 e. The number of nitrogens with zero attached hydrogens (tertiary/aromatic N) is 4. The topological polar surface area (TPSA) is 58.6 Å². The third-order valence-corrected chi connectivity index (χ3v) is 5.51. The molecule has 4 heterocycles. The fourth-order valence-electron chi connectivity index (χ4n) is 3.41. The Bertz CT molecular complexity index is 716. The van der Waals surface area contributed by atoms with Gasteiger partial charge in [-0.25, -0.2) is 9.97 Å². The number of rotatable bonds is 5. The number of amides is 1. The number of carbonyl (C=O) groups excluding carboxylic acids is 1. The van der Waals surface area contributed by atoms with Crippen LogP contribution in [0.1, 0.15) is 24.8 Å². The lowest BCUT2D eigenvalue weighted by Crippen LogP contribution is -2.32. The molecule has 2 aliphatic heterocycles. The van der Waals surface area contributed by atoms with E-state index in [0.717, 1.165) is 37.4 Å². The van der Waals surface area contributed by atoms with E-state index in [1.165, 1.54) is 12.8 Å². The van der Waals surface area contributed by atoms with E-state index >= 15 is 0 Å². The molecule has 0 spiro atoms. The maximum absolute atomic E-state index is 12.4. The minimum Gasteiger partial charge on any atom is -0.472 e. The summed E-state index contributed by atoms with van der Waals surface area (Å²) in [5, 5.41) is 4.04. The summed E-state index contributed by atoms with van der Waals surface area (Å²) in [6.45, 7) is 3.47. The fourth-order valence-corrected chi connectivity index (χ4v) is 4.08. The number of hydrogen-bond donors (Lipinski definition) is 0. The van der Waals surface area contributed by atoms with E-state index in [9.17, 15) is 4.79 Å². The van der Waals surface area contributed by atoms with Crippen LogP contribution >= 0.6 is 11.3 Å². The molecule has 0 aliphatic carbocycles. The second kappa shape index (κ2) is 7.39. The normalized spacial score (nSPS) is 20.2. The van der Waals surface area contributed by atoms with E-state index < -0.39 is 0 Å². The number of thiophene rings is 1. The highest BCUT2D eigenvalue weighted by Gasteiger charge is 2.28. The van der Waals surface area contributed by atoms with E-state index in [0.29, 0.717) is 18.8 Å². The van der Waals surface area contributed by atoms with Gasteiger partial charge in [-0.05, 0) is 35.2 Å². The summed E-state index contributed by atoms with van der Waals surface area (Å²) in [6.07, 6.45) is 5.32. The molecule has 0 bridgehead atoms. The number of aromatic nitrogens is 2. The highest BCUT2D eigenvalue weighted by molar-refractivity contribution is 7.08. The Labute approximate surface area is 151 Å². The maximum atomic E-state index is 12.4. The Balaban J connectivity index is 1.33. The predicted octanol–water partition coefficient (Wildman–Crippen LogP) is 2.36. The molecule has 6 nitrogen and oxygen atoms in total. The molecule has 4 rings (SSSR count). The zero-order valence-corrected chi connectivity index (χ0v) is 15.0. The van der Waals surface area contributed by atoms with E-state index in [4.69, 9.17) is 4.74 Å². The molecule has 7 heteroatoms. The Hall–Kier alpha value is -2.15. The highest BCUT2D eigenvalue weighted by Crippen LogP contribution is 2.23. The maximum Gasteiger partial charge on any atom is 0.227 e. The summed E-state index contributed by atoms with van der Waals surface area (Å²) in [5.41, 5.74) is 1.09. The van der Waals surface area contributed by atoms with Gasteiger partial charge in [-0.1, -0.05) is 0 Å². The number of hydrogen-bond acceptors (Lipinski definition) is 6. The van der Waals surface area contributed by atoms with Gasteiger partial charge in [-0.3, -0.25) is 4.79 Å². The van der Waals surface area contributed by atoms with Gasteiger partial charge in [0, 0.05) is 32.1 Å². The van der Waals surface area contributed by atoms with Gasteiger partial charge in [0.2, 0.25) is 11.8 Å². The third-order valence-electron chi connectivity index (χ3n) is 4.78. The number of likely N-dealkylation sites (tertiary alicyclic amines) is 1. The van der Waals surface area contributed by atoms with Crippen LogP contribution in [0.2, 0.25) is 0 Å². The molecule has 0 unspecified atom stereocenters. The molecule has 25 heavy (non-hydrogen) atoms. The van der Waals surface area contributed by atoms with Crippen LogP contribution in [-0.4, -0.2) is 53.1 Å². The summed E-state index contributed by atoms with van der Waals surface area (Å²) in [7, 11) is 0. The zero-order valence-electron chi connectivity index (χ0n) is 14.1. The molecule has 1 amide bonds. The van der Waals surface area contributed by atoms with Gasteiger partial charge >= 0.3 is 0 Å². The molecular formula is C18H22N4O2S. The van der Waals surface area contributed by atoms with Crippen molar-refractivity contribution < 1.29 is 9.53 Å². The largest absolute Gasteiger partial charge is 0.472 e. The van der Waals surface area contributed by atoms with E-state index in [1.807, 2.05) is 27.8 Å². The van der Waals surface area contributed by atoms with E-state index in [-0.39, 0.29) is 12.0 Å². The molecule has 2 fully saturated rings. The molecule has 0 radical (unpaired) electrons. The Morgan fingerprint density at radius 2 is 2.16 bits per heavy atom. The molecule has 1 atom stereocenters. The van der Waals surface area contributed by atoms with Gasteiger partial charge in [0.15, 0.2) is 0 Å². The van der Waals surface area contributed by atoms with Gasteiger partial charge in [0.25, 0.3) is 0 Å². The summed E-state index contributed by atoms with van der Waals surface area (Å²) < 4.78 is 6.02. The van der Waals surface area contributed by atoms with Crippen molar-refractivity contribution in [1.29, 1.82) is 0 Å². The first-order valence-electron chi connectivity index (χ1n) is 8.80. The molecule has 0 aromatic carbocycles. The van der Waals surface area contributed by atoms with Crippen molar-refractivity contribution >= 4 is 23.1 Å². The molecule has 132 valence electrons. The highest BCUT2D eigenvalue weighted by atomic mass is 32.1. The minimum atomic E-state index is 0.00718. The van der Waals surface area contributed by atoms with Crippen LogP contribution in [0.5, 0.6) is 5.88 Å².